The molecule has 0 aliphatic heterocycles. The standard InChI is InChI=1S/C18H21NO4S2/c1-13(14-6-9-17(10-7-14)24(2,20)21)19-25(22,23)18-11-8-15-4-3-5-16(15)12-18/h6-13,19H,3-5H2,1-2H3/t13-/m0/s1. The molecule has 7 heteroatoms. The van der Waals surface area contributed by atoms with Crippen LogP contribution in [0.5, 0.6) is 0 Å². The lowest BCUT2D eigenvalue weighted by molar-refractivity contribution is 0.566. The predicted octanol–water partition coefficient (Wildman–Crippen LogP) is 2.62. The average molecular weight is 380 g/mol. The van der Waals surface area contributed by atoms with E-state index >= 15 is 0 Å². The summed E-state index contributed by atoms with van der Waals surface area (Å²) >= 11 is 0. The minimum absolute atomic E-state index is 0.213. The molecule has 0 amide bonds. The third kappa shape index (κ3) is 3.94. The van der Waals surface area contributed by atoms with E-state index in [1.165, 1.54) is 17.7 Å². The van der Waals surface area contributed by atoms with E-state index in [4.69, 9.17) is 0 Å². The van der Waals surface area contributed by atoms with Gasteiger partial charge in [0.15, 0.2) is 9.84 Å². The number of hydrogen-bond donors (Lipinski definition) is 1. The molecule has 0 saturated carbocycles. The number of aryl methyl sites for hydroxylation is 2. The highest BCUT2D eigenvalue weighted by atomic mass is 32.2. The maximum Gasteiger partial charge on any atom is 0.241 e. The Kier molecular flexibility index (Phi) is 4.74. The molecule has 5 nitrogen and oxygen atoms in total. The largest absolute Gasteiger partial charge is 0.241 e. The Bertz CT molecular complexity index is 994. The normalized spacial score (nSPS) is 15.8. The Balaban J connectivity index is 1.80. The van der Waals surface area contributed by atoms with Crippen LogP contribution in [0.2, 0.25) is 0 Å². The van der Waals surface area contributed by atoms with Gasteiger partial charge in [0.25, 0.3) is 0 Å². The molecule has 0 heterocycles. The second-order valence-corrected chi connectivity index (χ2v) is 10.2. The van der Waals surface area contributed by atoms with E-state index in [-0.39, 0.29) is 9.79 Å². The van der Waals surface area contributed by atoms with Crippen molar-refractivity contribution in [2.75, 3.05) is 6.26 Å². The van der Waals surface area contributed by atoms with Crippen molar-refractivity contribution in [2.45, 2.75) is 42.0 Å². The lowest BCUT2D eigenvalue weighted by Gasteiger charge is -2.15. The number of nitrogens with one attached hydrogen (secondary N) is 1. The first-order chi connectivity index (χ1) is 11.7. The lowest BCUT2D eigenvalue weighted by Crippen LogP contribution is -2.27. The molecule has 0 aromatic heterocycles. The summed E-state index contributed by atoms with van der Waals surface area (Å²) in [6.45, 7) is 1.74. The van der Waals surface area contributed by atoms with Crippen LogP contribution in [0, 0.1) is 0 Å². The van der Waals surface area contributed by atoms with Crippen LogP contribution in [-0.2, 0) is 32.7 Å². The molecule has 0 fully saturated rings. The summed E-state index contributed by atoms with van der Waals surface area (Å²) in [5.74, 6) is 0. The molecule has 0 unspecified atom stereocenters. The van der Waals surface area contributed by atoms with Crippen molar-refractivity contribution >= 4 is 19.9 Å². The summed E-state index contributed by atoms with van der Waals surface area (Å²) in [6, 6.07) is 11.1. The smallest absolute Gasteiger partial charge is 0.224 e. The van der Waals surface area contributed by atoms with E-state index in [2.05, 4.69) is 4.72 Å². The summed E-state index contributed by atoms with van der Waals surface area (Å²) in [5, 5.41) is 0. The fourth-order valence-electron chi connectivity index (χ4n) is 3.09. The summed E-state index contributed by atoms with van der Waals surface area (Å²) in [7, 11) is -6.90. The topological polar surface area (TPSA) is 80.3 Å². The van der Waals surface area contributed by atoms with Crippen LogP contribution in [0.3, 0.4) is 0 Å². The van der Waals surface area contributed by atoms with Crippen LogP contribution in [0.15, 0.2) is 52.3 Å². The minimum Gasteiger partial charge on any atom is -0.224 e. The molecule has 1 atom stereocenters. The second-order valence-electron chi connectivity index (χ2n) is 6.47. The molecule has 3 rings (SSSR count). The monoisotopic (exact) mass is 379 g/mol. The maximum atomic E-state index is 12.6. The van der Waals surface area contributed by atoms with Gasteiger partial charge in [-0.3, -0.25) is 0 Å². The molecule has 25 heavy (non-hydrogen) atoms. The zero-order valence-corrected chi connectivity index (χ0v) is 15.8. The first-order valence-corrected chi connectivity index (χ1v) is 11.5. The Morgan fingerprint density at radius 1 is 0.880 bits per heavy atom. The van der Waals surface area contributed by atoms with E-state index in [1.807, 2.05) is 6.07 Å². The molecule has 2 aromatic rings. The first-order valence-electron chi connectivity index (χ1n) is 8.11. The summed E-state index contributed by atoms with van der Waals surface area (Å²) < 4.78 is 50.9. The predicted molar refractivity (Wildman–Crippen MR) is 96.8 cm³/mol. The molecule has 1 aliphatic rings. The van der Waals surface area contributed by atoms with Gasteiger partial charge in [-0.2, -0.15) is 0 Å². The lowest BCUT2D eigenvalue weighted by atomic mass is 10.1. The highest BCUT2D eigenvalue weighted by Gasteiger charge is 2.21. The minimum atomic E-state index is -3.64. The molecule has 0 saturated heterocycles. The Morgan fingerprint density at radius 2 is 1.48 bits per heavy atom. The van der Waals surface area contributed by atoms with Crippen molar-refractivity contribution < 1.29 is 16.8 Å². The molecule has 0 bridgehead atoms. The fourth-order valence-corrected chi connectivity index (χ4v) is 5.00. The van der Waals surface area contributed by atoms with Gasteiger partial charge >= 0.3 is 0 Å². The number of sulfonamides is 1. The van der Waals surface area contributed by atoms with Crippen molar-refractivity contribution in [3.8, 4) is 0 Å². The quantitative estimate of drug-likeness (QED) is 0.866. The second kappa shape index (κ2) is 6.55. The maximum absolute atomic E-state index is 12.6. The number of hydrogen-bond acceptors (Lipinski definition) is 4. The first kappa shape index (κ1) is 18.1. The van der Waals surface area contributed by atoms with Gasteiger partial charge in [0, 0.05) is 12.3 Å². The molecule has 0 spiro atoms. The van der Waals surface area contributed by atoms with Gasteiger partial charge in [0.1, 0.15) is 0 Å². The van der Waals surface area contributed by atoms with E-state index in [1.54, 1.807) is 31.2 Å². The van der Waals surface area contributed by atoms with Crippen LogP contribution in [-0.4, -0.2) is 23.1 Å². The summed E-state index contributed by atoms with van der Waals surface area (Å²) in [4.78, 5) is 0.484. The number of rotatable bonds is 5. The zero-order valence-electron chi connectivity index (χ0n) is 14.2. The van der Waals surface area contributed by atoms with E-state index < -0.39 is 25.9 Å². The van der Waals surface area contributed by atoms with Gasteiger partial charge in [0.2, 0.25) is 10.0 Å². The highest BCUT2D eigenvalue weighted by molar-refractivity contribution is 7.90. The van der Waals surface area contributed by atoms with Gasteiger partial charge in [-0.25, -0.2) is 21.6 Å². The Hall–Kier alpha value is -1.70. The Labute approximate surface area is 149 Å². The van der Waals surface area contributed by atoms with E-state index in [0.29, 0.717) is 5.56 Å². The van der Waals surface area contributed by atoms with Gasteiger partial charge in [-0.1, -0.05) is 18.2 Å². The third-order valence-electron chi connectivity index (χ3n) is 4.52. The summed E-state index contributed by atoms with van der Waals surface area (Å²) in [5.41, 5.74) is 3.04. The van der Waals surface area contributed by atoms with Crippen molar-refractivity contribution in [1.82, 2.24) is 4.72 Å². The highest BCUT2D eigenvalue weighted by Crippen LogP contribution is 2.26. The van der Waals surface area contributed by atoms with Crippen LogP contribution < -0.4 is 4.72 Å². The molecule has 134 valence electrons. The molecule has 0 radical (unpaired) electrons. The summed E-state index contributed by atoms with van der Waals surface area (Å²) in [6.07, 6.45) is 4.13. The number of fused-ring (bicyclic) bond motifs is 1. The SMILES string of the molecule is C[C@H](NS(=O)(=O)c1ccc2c(c1)CCC2)c1ccc(S(C)(=O)=O)cc1. The van der Waals surface area contributed by atoms with E-state index in [0.717, 1.165) is 31.1 Å². The van der Waals surface area contributed by atoms with Crippen LogP contribution in [0.25, 0.3) is 0 Å². The number of sulfone groups is 1. The van der Waals surface area contributed by atoms with Gasteiger partial charge in [-0.15, -0.1) is 0 Å². The molecule has 1 aliphatic carbocycles. The molecular weight excluding hydrogens is 358 g/mol. The van der Waals surface area contributed by atoms with Crippen LogP contribution in [0.4, 0.5) is 0 Å². The van der Waals surface area contributed by atoms with Crippen LogP contribution in [0.1, 0.15) is 36.1 Å². The zero-order chi connectivity index (χ0) is 18.2. The van der Waals surface area contributed by atoms with Gasteiger partial charge in [0.05, 0.1) is 9.79 Å². The number of benzene rings is 2. The third-order valence-corrected chi connectivity index (χ3v) is 7.19. The fraction of sp³-hybridized carbons (Fsp3) is 0.333. The molecule has 1 N–H and O–H groups in total. The van der Waals surface area contributed by atoms with Gasteiger partial charge in [-0.05, 0) is 67.1 Å². The average Bonchev–Trinajstić information content (AvgIpc) is 3.01. The van der Waals surface area contributed by atoms with Crippen LogP contribution >= 0.6 is 0 Å². The van der Waals surface area contributed by atoms with Crippen molar-refractivity contribution in [1.29, 1.82) is 0 Å². The van der Waals surface area contributed by atoms with Crippen molar-refractivity contribution in [3.05, 3.63) is 59.2 Å². The van der Waals surface area contributed by atoms with Crippen molar-refractivity contribution in [2.24, 2.45) is 0 Å². The molecular formula is C18H21NO4S2. The van der Waals surface area contributed by atoms with E-state index in [9.17, 15) is 16.8 Å². The van der Waals surface area contributed by atoms with Gasteiger partial charge < -0.3 is 0 Å². The van der Waals surface area contributed by atoms with Crippen molar-refractivity contribution in [3.63, 3.8) is 0 Å². The Morgan fingerprint density at radius 3 is 2.12 bits per heavy atom. The molecule has 2 aromatic carbocycles.